The summed E-state index contributed by atoms with van der Waals surface area (Å²) in [6.07, 6.45) is 0. The van der Waals surface area contributed by atoms with Gasteiger partial charge in [-0.2, -0.15) is 0 Å². The van der Waals surface area contributed by atoms with Crippen LogP contribution in [0.5, 0.6) is 0 Å². The summed E-state index contributed by atoms with van der Waals surface area (Å²) < 4.78 is 3.42. The second kappa shape index (κ2) is 6.72. The summed E-state index contributed by atoms with van der Waals surface area (Å²) in [7, 11) is 1.85. The average molecular weight is 338 g/mol. The van der Waals surface area contributed by atoms with Crippen LogP contribution in [0.15, 0.2) is 65.5 Å². The van der Waals surface area contributed by atoms with Gasteiger partial charge < -0.3 is 10.6 Å². The van der Waals surface area contributed by atoms with E-state index in [1.54, 1.807) is 4.68 Å². The number of nitrogens with one attached hydrogen (secondary N) is 2. The summed E-state index contributed by atoms with van der Waals surface area (Å²) in [5, 5.41) is 6.48. The van der Waals surface area contributed by atoms with E-state index in [0.717, 1.165) is 17.1 Å². The molecule has 0 aliphatic rings. The Labute approximate surface area is 145 Å². The van der Waals surface area contributed by atoms with E-state index >= 15 is 0 Å². The molecule has 24 heavy (non-hydrogen) atoms. The summed E-state index contributed by atoms with van der Waals surface area (Å²) in [4.78, 5) is 12.8. The highest BCUT2D eigenvalue weighted by molar-refractivity contribution is 7.80. The lowest BCUT2D eigenvalue weighted by Crippen LogP contribution is -2.25. The van der Waals surface area contributed by atoms with Crippen LogP contribution in [0.3, 0.4) is 0 Å². The lowest BCUT2D eigenvalue weighted by molar-refractivity contribution is 0.630. The maximum Gasteiger partial charge on any atom is 0.295 e. The quantitative estimate of drug-likeness (QED) is 0.720. The van der Waals surface area contributed by atoms with Crippen molar-refractivity contribution < 1.29 is 0 Å². The molecule has 0 aliphatic heterocycles. The molecular formula is C18H18N4OS. The Kier molecular flexibility index (Phi) is 4.48. The van der Waals surface area contributed by atoms with Gasteiger partial charge in [0.25, 0.3) is 5.56 Å². The Bertz CT molecular complexity index is 913. The van der Waals surface area contributed by atoms with Crippen LogP contribution in [0.25, 0.3) is 5.69 Å². The molecule has 0 unspecified atom stereocenters. The Morgan fingerprint density at radius 3 is 2.17 bits per heavy atom. The largest absolute Gasteiger partial charge is 0.332 e. The minimum Gasteiger partial charge on any atom is -0.332 e. The molecule has 0 aliphatic carbocycles. The van der Waals surface area contributed by atoms with Crippen LogP contribution in [0, 0.1) is 6.92 Å². The third-order valence-electron chi connectivity index (χ3n) is 3.82. The van der Waals surface area contributed by atoms with Gasteiger partial charge in [0.2, 0.25) is 0 Å². The fourth-order valence-electron chi connectivity index (χ4n) is 2.51. The van der Waals surface area contributed by atoms with Gasteiger partial charge in [-0.3, -0.25) is 9.48 Å². The van der Waals surface area contributed by atoms with Gasteiger partial charge in [-0.25, -0.2) is 4.68 Å². The molecule has 0 spiro atoms. The molecule has 3 rings (SSSR count). The van der Waals surface area contributed by atoms with Crippen LogP contribution < -0.4 is 16.2 Å². The molecule has 3 aromatic rings. The topological polar surface area (TPSA) is 51.0 Å². The van der Waals surface area contributed by atoms with Crippen LogP contribution in [0.2, 0.25) is 0 Å². The molecule has 0 fully saturated rings. The lowest BCUT2D eigenvalue weighted by atomic mass is 10.3. The highest BCUT2D eigenvalue weighted by atomic mass is 32.1. The Morgan fingerprint density at radius 2 is 1.54 bits per heavy atom. The zero-order chi connectivity index (χ0) is 17.1. The van der Waals surface area contributed by atoms with E-state index in [9.17, 15) is 4.79 Å². The second-order valence-electron chi connectivity index (χ2n) is 5.38. The monoisotopic (exact) mass is 338 g/mol. The van der Waals surface area contributed by atoms with Crippen LogP contribution >= 0.6 is 12.2 Å². The molecule has 2 N–H and O–H groups in total. The molecule has 6 heteroatoms. The number of aromatic nitrogens is 2. The standard InChI is InChI=1S/C18H18N4OS/c1-13-16(20-18(24)19-14-9-5-3-6-10-14)17(23)22(21(13)2)15-11-7-4-8-12-15/h3-12H,1-2H3,(H2,19,20,24). The fraction of sp³-hybridized carbons (Fsp3) is 0.111. The van der Waals surface area contributed by atoms with E-state index in [1.165, 1.54) is 0 Å². The van der Waals surface area contributed by atoms with Crippen LogP contribution in [-0.4, -0.2) is 14.5 Å². The number of benzene rings is 2. The Hall–Kier alpha value is -2.86. The van der Waals surface area contributed by atoms with E-state index in [2.05, 4.69) is 10.6 Å². The Morgan fingerprint density at radius 1 is 0.958 bits per heavy atom. The van der Waals surface area contributed by atoms with Crippen molar-refractivity contribution in [1.29, 1.82) is 0 Å². The maximum absolute atomic E-state index is 12.8. The van der Waals surface area contributed by atoms with E-state index in [-0.39, 0.29) is 5.56 Å². The minimum atomic E-state index is -0.140. The first-order valence-corrected chi connectivity index (χ1v) is 7.96. The Balaban J connectivity index is 1.90. The molecule has 0 amide bonds. The number of para-hydroxylation sites is 2. The fourth-order valence-corrected chi connectivity index (χ4v) is 2.73. The van der Waals surface area contributed by atoms with Crippen LogP contribution in [-0.2, 0) is 7.05 Å². The molecule has 5 nitrogen and oxygen atoms in total. The third-order valence-corrected chi connectivity index (χ3v) is 4.03. The van der Waals surface area contributed by atoms with Gasteiger partial charge in [0.05, 0.1) is 11.4 Å². The number of thiocarbonyl (C=S) groups is 1. The first-order chi connectivity index (χ1) is 11.6. The van der Waals surface area contributed by atoms with Crippen molar-refractivity contribution in [3.63, 3.8) is 0 Å². The van der Waals surface area contributed by atoms with Crippen molar-refractivity contribution >= 4 is 28.7 Å². The van der Waals surface area contributed by atoms with Crippen molar-refractivity contribution in [2.75, 3.05) is 10.6 Å². The second-order valence-corrected chi connectivity index (χ2v) is 5.79. The van der Waals surface area contributed by atoms with Gasteiger partial charge in [0.1, 0.15) is 5.69 Å². The summed E-state index contributed by atoms with van der Waals surface area (Å²) in [6.45, 7) is 1.88. The van der Waals surface area contributed by atoms with Crippen LogP contribution in [0.4, 0.5) is 11.4 Å². The predicted octanol–water partition coefficient (Wildman–Crippen LogP) is 3.29. The molecule has 0 atom stereocenters. The van der Waals surface area contributed by atoms with E-state index in [1.807, 2.05) is 79.3 Å². The highest BCUT2D eigenvalue weighted by Crippen LogP contribution is 2.14. The normalized spacial score (nSPS) is 10.4. The zero-order valence-electron chi connectivity index (χ0n) is 13.5. The summed E-state index contributed by atoms with van der Waals surface area (Å²) >= 11 is 5.33. The number of hydrogen-bond acceptors (Lipinski definition) is 2. The molecule has 0 saturated carbocycles. The third kappa shape index (κ3) is 3.09. The van der Waals surface area contributed by atoms with E-state index in [0.29, 0.717) is 10.8 Å². The number of anilines is 2. The zero-order valence-corrected chi connectivity index (χ0v) is 14.3. The van der Waals surface area contributed by atoms with Gasteiger partial charge in [0, 0.05) is 12.7 Å². The molecule has 1 aromatic heterocycles. The SMILES string of the molecule is Cc1c(NC(=S)Nc2ccccc2)c(=O)n(-c2ccccc2)n1C. The molecule has 0 bridgehead atoms. The van der Waals surface area contributed by atoms with Crippen molar-refractivity contribution in [3.8, 4) is 5.69 Å². The number of nitrogens with zero attached hydrogens (tertiary/aromatic N) is 2. The van der Waals surface area contributed by atoms with Crippen LogP contribution in [0.1, 0.15) is 5.69 Å². The predicted molar refractivity (Wildman–Crippen MR) is 102 cm³/mol. The van der Waals surface area contributed by atoms with Gasteiger partial charge in [-0.05, 0) is 43.4 Å². The van der Waals surface area contributed by atoms with E-state index in [4.69, 9.17) is 12.2 Å². The first kappa shape index (κ1) is 16.0. The van der Waals surface area contributed by atoms with E-state index < -0.39 is 0 Å². The van der Waals surface area contributed by atoms with Gasteiger partial charge in [-0.1, -0.05) is 36.4 Å². The van der Waals surface area contributed by atoms with Crippen molar-refractivity contribution in [2.24, 2.45) is 7.05 Å². The number of hydrogen-bond donors (Lipinski definition) is 2. The lowest BCUT2D eigenvalue weighted by Gasteiger charge is -2.09. The average Bonchev–Trinajstić information content (AvgIpc) is 2.80. The molecule has 0 radical (unpaired) electrons. The first-order valence-electron chi connectivity index (χ1n) is 7.55. The van der Waals surface area contributed by atoms with Gasteiger partial charge >= 0.3 is 0 Å². The van der Waals surface area contributed by atoms with Crippen molar-refractivity contribution in [2.45, 2.75) is 6.92 Å². The maximum atomic E-state index is 12.8. The van der Waals surface area contributed by atoms with Gasteiger partial charge in [0.15, 0.2) is 5.11 Å². The van der Waals surface area contributed by atoms with Gasteiger partial charge in [-0.15, -0.1) is 0 Å². The molecular weight excluding hydrogens is 320 g/mol. The summed E-state index contributed by atoms with van der Waals surface area (Å²) in [5.74, 6) is 0. The molecule has 2 aromatic carbocycles. The molecule has 122 valence electrons. The minimum absolute atomic E-state index is 0.140. The molecule has 1 heterocycles. The smallest absolute Gasteiger partial charge is 0.295 e. The summed E-state index contributed by atoms with van der Waals surface area (Å²) in [5.41, 5.74) is 2.81. The highest BCUT2D eigenvalue weighted by Gasteiger charge is 2.16. The van der Waals surface area contributed by atoms with Crippen molar-refractivity contribution in [3.05, 3.63) is 76.7 Å². The molecule has 0 saturated heterocycles. The van der Waals surface area contributed by atoms with Crippen molar-refractivity contribution in [1.82, 2.24) is 9.36 Å². The summed E-state index contributed by atoms with van der Waals surface area (Å²) in [6, 6.07) is 19.1. The number of rotatable bonds is 3.